The smallest absolute Gasteiger partial charge is 0.326 e. The summed E-state index contributed by atoms with van der Waals surface area (Å²) < 4.78 is 0. The third-order valence-corrected chi connectivity index (χ3v) is 2.20. The number of primary amides is 1. The number of hydrogen-bond donors (Lipinski definition) is 3. The van der Waals surface area contributed by atoms with E-state index in [0.29, 0.717) is 0 Å². The molecule has 4 N–H and O–H groups in total. The minimum absolute atomic E-state index is 0.0433. The molecule has 0 aliphatic rings. The highest BCUT2D eigenvalue weighted by molar-refractivity contribution is 6.30. The predicted molar refractivity (Wildman–Crippen MR) is 61.9 cm³/mol. The number of carboxylic acid groups (broad SMARTS) is 1. The van der Waals surface area contributed by atoms with E-state index in [9.17, 15) is 14.4 Å². The molecule has 1 aromatic heterocycles. The molecule has 1 unspecified atom stereocenters. The summed E-state index contributed by atoms with van der Waals surface area (Å²) in [5.41, 5.74) is 4.84. The zero-order valence-electron chi connectivity index (χ0n) is 9.09. The maximum absolute atomic E-state index is 11.6. The number of hydrogen-bond acceptors (Lipinski definition) is 4. The molecule has 0 saturated heterocycles. The number of halogens is 1. The number of carboxylic acids is 1. The number of amides is 2. The number of nitrogens with one attached hydrogen (secondary N) is 1. The number of aliphatic carboxylic acids is 1. The summed E-state index contributed by atoms with van der Waals surface area (Å²) >= 11 is 5.66. The fourth-order valence-corrected chi connectivity index (χ4v) is 1.32. The Morgan fingerprint density at radius 1 is 1.50 bits per heavy atom. The highest BCUT2D eigenvalue weighted by Crippen LogP contribution is 2.08. The summed E-state index contributed by atoms with van der Waals surface area (Å²) in [5.74, 6) is -2.93. The van der Waals surface area contributed by atoms with Crippen LogP contribution in [0.1, 0.15) is 16.9 Å². The third kappa shape index (κ3) is 4.02. The van der Waals surface area contributed by atoms with E-state index in [-0.39, 0.29) is 10.7 Å². The SMILES string of the molecule is NC(=O)CC(NC(=O)c1cc(Cl)ccn1)C(=O)O. The van der Waals surface area contributed by atoms with Crippen LogP contribution in [0.4, 0.5) is 0 Å². The second-order valence-electron chi connectivity index (χ2n) is 3.39. The van der Waals surface area contributed by atoms with E-state index in [1.165, 1.54) is 18.3 Å². The Morgan fingerprint density at radius 3 is 2.67 bits per heavy atom. The Bertz CT molecular complexity index is 492. The van der Waals surface area contributed by atoms with Crippen LogP contribution in [0.5, 0.6) is 0 Å². The summed E-state index contributed by atoms with van der Waals surface area (Å²) in [7, 11) is 0. The first-order chi connectivity index (χ1) is 8.40. The van der Waals surface area contributed by atoms with Crippen LogP contribution in [0.25, 0.3) is 0 Å². The topological polar surface area (TPSA) is 122 Å². The molecule has 1 aromatic rings. The van der Waals surface area contributed by atoms with E-state index in [1.807, 2.05) is 0 Å². The Kier molecular flexibility index (Phi) is 4.61. The lowest BCUT2D eigenvalue weighted by molar-refractivity contribution is -0.140. The van der Waals surface area contributed by atoms with Gasteiger partial charge in [-0.2, -0.15) is 0 Å². The van der Waals surface area contributed by atoms with Gasteiger partial charge < -0.3 is 16.2 Å². The number of carbonyl (C=O) groups is 3. The van der Waals surface area contributed by atoms with Gasteiger partial charge in [0, 0.05) is 11.2 Å². The first-order valence-electron chi connectivity index (χ1n) is 4.83. The van der Waals surface area contributed by atoms with Crippen molar-refractivity contribution in [3.63, 3.8) is 0 Å². The van der Waals surface area contributed by atoms with Crippen LogP contribution in [-0.4, -0.2) is 33.9 Å². The molecule has 7 nitrogen and oxygen atoms in total. The lowest BCUT2D eigenvalue weighted by atomic mass is 10.2. The summed E-state index contributed by atoms with van der Waals surface area (Å²) in [6, 6.07) is 1.35. The Balaban J connectivity index is 2.78. The molecule has 2 amide bonds. The van der Waals surface area contributed by atoms with Crippen LogP contribution >= 0.6 is 11.6 Å². The molecule has 0 aromatic carbocycles. The predicted octanol–water partition coefficient (Wildman–Crippen LogP) is -0.207. The first kappa shape index (κ1) is 13.9. The number of rotatable bonds is 5. The lowest BCUT2D eigenvalue weighted by Gasteiger charge is -2.12. The van der Waals surface area contributed by atoms with Gasteiger partial charge in [0.05, 0.1) is 6.42 Å². The van der Waals surface area contributed by atoms with Crippen molar-refractivity contribution in [1.82, 2.24) is 10.3 Å². The van der Waals surface area contributed by atoms with Crippen molar-refractivity contribution in [2.24, 2.45) is 5.73 Å². The Labute approximate surface area is 107 Å². The highest BCUT2D eigenvalue weighted by Gasteiger charge is 2.23. The van der Waals surface area contributed by atoms with Gasteiger partial charge in [0.1, 0.15) is 11.7 Å². The quantitative estimate of drug-likeness (QED) is 0.684. The molecule has 0 bridgehead atoms. The molecule has 8 heteroatoms. The molecular weight excluding hydrogens is 262 g/mol. The minimum Gasteiger partial charge on any atom is -0.480 e. The zero-order valence-corrected chi connectivity index (χ0v) is 9.85. The van der Waals surface area contributed by atoms with E-state index < -0.39 is 30.2 Å². The fourth-order valence-electron chi connectivity index (χ4n) is 1.16. The number of carbonyl (C=O) groups excluding carboxylic acids is 2. The van der Waals surface area contributed by atoms with E-state index in [0.717, 1.165) is 0 Å². The van der Waals surface area contributed by atoms with Crippen LogP contribution in [0.2, 0.25) is 5.02 Å². The van der Waals surface area contributed by atoms with Crippen molar-refractivity contribution in [3.8, 4) is 0 Å². The number of nitrogens with two attached hydrogens (primary N) is 1. The van der Waals surface area contributed by atoms with Gasteiger partial charge in [-0.25, -0.2) is 4.79 Å². The molecule has 18 heavy (non-hydrogen) atoms. The van der Waals surface area contributed by atoms with Crippen molar-refractivity contribution in [2.45, 2.75) is 12.5 Å². The van der Waals surface area contributed by atoms with Crippen molar-refractivity contribution < 1.29 is 19.5 Å². The third-order valence-electron chi connectivity index (χ3n) is 1.96. The van der Waals surface area contributed by atoms with E-state index in [4.69, 9.17) is 22.4 Å². The van der Waals surface area contributed by atoms with Gasteiger partial charge in [0.25, 0.3) is 5.91 Å². The summed E-state index contributed by atoms with van der Waals surface area (Å²) in [5, 5.41) is 11.2. The fraction of sp³-hybridized carbons (Fsp3) is 0.200. The molecule has 0 radical (unpaired) electrons. The molecule has 0 saturated carbocycles. The van der Waals surface area contributed by atoms with Gasteiger partial charge in [-0.15, -0.1) is 0 Å². The Morgan fingerprint density at radius 2 is 2.17 bits per heavy atom. The molecule has 1 heterocycles. The molecule has 0 spiro atoms. The van der Waals surface area contributed by atoms with Crippen molar-refractivity contribution in [2.75, 3.05) is 0 Å². The van der Waals surface area contributed by atoms with Gasteiger partial charge in [0.2, 0.25) is 5.91 Å². The van der Waals surface area contributed by atoms with E-state index in [1.54, 1.807) is 0 Å². The summed E-state index contributed by atoms with van der Waals surface area (Å²) in [6.45, 7) is 0. The van der Waals surface area contributed by atoms with Crippen LogP contribution in [-0.2, 0) is 9.59 Å². The standard InChI is InChI=1S/C10H10ClN3O4/c11-5-1-2-13-6(3-5)9(16)14-7(10(17)18)4-8(12)15/h1-3,7H,4H2,(H2,12,15)(H,14,16)(H,17,18). The van der Waals surface area contributed by atoms with Crippen molar-refractivity contribution in [3.05, 3.63) is 29.0 Å². The molecule has 96 valence electrons. The maximum atomic E-state index is 11.6. The average molecular weight is 272 g/mol. The van der Waals surface area contributed by atoms with Crippen LogP contribution < -0.4 is 11.1 Å². The molecule has 0 fully saturated rings. The van der Waals surface area contributed by atoms with Crippen LogP contribution in [0.3, 0.4) is 0 Å². The molecule has 0 aliphatic carbocycles. The molecule has 0 aliphatic heterocycles. The summed E-state index contributed by atoms with van der Waals surface area (Å²) in [4.78, 5) is 36.8. The van der Waals surface area contributed by atoms with Crippen LogP contribution in [0, 0.1) is 0 Å². The normalized spacial score (nSPS) is 11.6. The largest absolute Gasteiger partial charge is 0.480 e. The Hall–Kier alpha value is -2.15. The average Bonchev–Trinajstić information content (AvgIpc) is 2.27. The number of nitrogens with zero attached hydrogens (tertiary/aromatic N) is 1. The molecular formula is C10H10ClN3O4. The monoisotopic (exact) mass is 271 g/mol. The highest BCUT2D eigenvalue weighted by atomic mass is 35.5. The van der Waals surface area contributed by atoms with Gasteiger partial charge in [-0.1, -0.05) is 11.6 Å². The van der Waals surface area contributed by atoms with Crippen molar-refractivity contribution in [1.29, 1.82) is 0 Å². The van der Waals surface area contributed by atoms with Gasteiger partial charge in [-0.3, -0.25) is 14.6 Å². The number of pyridine rings is 1. The second-order valence-corrected chi connectivity index (χ2v) is 3.83. The maximum Gasteiger partial charge on any atom is 0.326 e. The molecule has 1 atom stereocenters. The van der Waals surface area contributed by atoms with Crippen LogP contribution in [0.15, 0.2) is 18.3 Å². The van der Waals surface area contributed by atoms with Gasteiger partial charge >= 0.3 is 5.97 Å². The first-order valence-corrected chi connectivity index (χ1v) is 5.21. The van der Waals surface area contributed by atoms with Crippen molar-refractivity contribution >= 4 is 29.4 Å². The van der Waals surface area contributed by atoms with Gasteiger partial charge in [0.15, 0.2) is 0 Å². The zero-order chi connectivity index (χ0) is 13.7. The number of aromatic nitrogens is 1. The summed E-state index contributed by atoms with van der Waals surface area (Å²) in [6.07, 6.45) is 0.808. The van der Waals surface area contributed by atoms with E-state index in [2.05, 4.69) is 10.3 Å². The van der Waals surface area contributed by atoms with Gasteiger partial charge in [-0.05, 0) is 12.1 Å². The van der Waals surface area contributed by atoms with E-state index >= 15 is 0 Å². The lowest BCUT2D eigenvalue weighted by Crippen LogP contribution is -2.43. The minimum atomic E-state index is -1.39. The second kappa shape index (κ2) is 5.97. The molecule has 1 rings (SSSR count).